The first-order valence-electron chi connectivity index (χ1n) is 12.0. The molecule has 3 aliphatic carbocycles. The number of aryl methyl sites for hydroxylation is 1. The smallest absolute Gasteiger partial charge is 0.161 e. The first-order valence-corrected chi connectivity index (χ1v) is 12.0. The van der Waals surface area contributed by atoms with Crippen molar-refractivity contribution in [3.8, 4) is 11.5 Å². The number of carbonyl (C=O) groups excluding carboxylic acids is 1. The van der Waals surface area contributed by atoms with Crippen molar-refractivity contribution in [2.75, 3.05) is 19.7 Å². The molecule has 4 fully saturated rings. The molecular weight excluding hydrogens is 394 g/mol. The molecule has 1 heterocycles. The Morgan fingerprint density at radius 2 is 1.84 bits per heavy atom. The van der Waals surface area contributed by atoms with Gasteiger partial charge in [-0.15, -0.1) is 0 Å². The Labute approximate surface area is 184 Å². The molecule has 3 N–H and O–H groups in total. The first-order chi connectivity index (χ1) is 14.7. The summed E-state index contributed by atoms with van der Waals surface area (Å²) in [5.74, 6) is 0.967. The van der Waals surface area contributed by atoms with E-state index in [1.54, 1.807) is 0 Å². The van der Waals surface area contributed by atoms with Gasteiger partial charge < -0.3 is 14.9 Å². The van der Waals surface area contributed by atoms with E-state index in [0.29, 0.717) is 49.8 Å². The standard InChI is InChI=1S/C25H35NO5/c1-16-3-8-21(28)23(29)22(16)24-11-12-26(30,14-18-4-5-18)17(2)25(24,10-9-20(27)13-24)31-15-19-6-7-19/h3,8,17-19,30H,4-7,9-15H2,1-2H3,(H-,28,29)/p+1. The van der Waals surface area contributed by atoms with Gasteiger partial charge in [-0.3, -0.25) is 4.79 Å². The van der Waals surface area contributed by atoms with E-state index in [0.717, 1.165) is 24.9 Å². The van der Waals surface area contributed by atoms with E-state index in [-0.39, 0.29) is 34.4 Å². The van der Waals surface area contributed by atoms with E-state index in [1.807, 2.05) is 13.0 Å². The summed E-state index contributed by atoms with van der Waals surface area (Å²) >= 11 is 0. The lowest BCUT2D eigenvalue weighted by atomic mass is 9.52. The molecule has 31 heavy (non-hydrogen) atoms. The van der Waals surface area contributed by atoms with Gasteiger partial charge in [-0.1, -0.05) is 6.07 Å². The molecule has 6 heteroatoms. The molecule has 1 aromatic carbocycles. The molecule has 5 rings (SSSR count). The van der Waals surface area contributed by atoms with Gasteiger partial charge in [0.2, 0.25) is 0 Å². The molecule has 6 nitrogen and oxygen atoms in total. The van der Waals surface area contributed by atoms with Crippen LogP contribution >= 0.6 is 0 Å². The fraction of sp³-hybridized carbons (Fsp3) is 0.720. The van der Waals surface area contributed by atoms with Crippen molar-refractivity contribution in [2.24, 2.45) is 11.8 Å². The lowest BCUT2D eigenvalue weighted by molar-refractivity contribution is -1.13. The third-order valence-electron chi connectivity index (χ3n) is 8.79. The number of rotatable bonds is 6. The maximum atomic E-state index is 12.9. The van der Waals surface area contributed by atoms with Crippen molar-refractivity contribution in [3.63, 3.8) is 0 Å². The topological polar surface area (TPSA) is 87.0 Å². The van der Waals surface area contributed by atoms with Crippen molar-refractivity contribution in [3.05, 3.63) is 23.3 Å². The first kappa shape index (κ1) is 21.2. The number of fused-ring (bicyclic) bond motifs is 1. The van der Waals surface area contributed by atoms with E-state index >= 15 is 0 Å². The van der Waals surface area contributed by atoms with Crippen LogP contribution in [0.25, 0.3) is 0 Å². The predicted molar refractivity (Wildman–Crippen MR) is 115 cm³/mol. The summed E-state index contributed by atoms with van der Waals surface area (Å²) in [5.41, 5.74) is -0.0171. The third kappa shape index (κ3) is 3.30. The summed E-state index contributed by atoms with van der Waals surface area (Å²) in [4.78, 5) is 12.9. The van der Waals surface area contributed by atoms with Crippen LogP contribution in [-0.4, -0.2) is 57.2 Å². The van der Waals surface area contributed by atoms with Crippen LogP contribution in [0, 0.1) is 18.8 Å². The number of benzene rings is 1. The molecule has 0 spiro atoms. The molecule has 0 bridgehead atoms. The predicted octanol–water partition coefficient (Wildman–Crippen LogP) is 3.97. The molecule has 3 saturated carbocycles. The molecule has 4 aliphatic rings. The number of likely N-dealkylation sites (tertiary alicyclic amines) is 1. The number of quaternary nitrogens is 1. The highest BCUT2D eigenvalue weighted by Gasteiger charge is 2.69. The second-order valence-corrected chi connectivity index (χ2v) is 10.8. The Kier molecular flexibility index (Phi) is 4.92. The summed E-state index contributed by atoms with van der Waals surface area (Å²) in [6.45, 7) is 5.88. The highest BCUT2D eigenvalue weighted by molar-refractivity contribution is 5.82. The lowest BCUT2D eigenvalue weighted by Gasteiger charge is -2.62. The molecule has 4 atom stereocenters. The van der Waals surface area contributed by atoms with Crippen molar-refractivity contribution in [1.29, 1.82) is 0 Å². The highest BCUT2D eigenvalue weighted by Crippen LogP contribution is 2.60. The lowest BCUT2D eigenvalue weighted by Crippen LogP contribution is -2.76. The maximum Gasteiger partial charge on any atom is 0.161 e. The minimum Gasteiger partial charge on any atom is -0.504 e. The number of hydrogen-bond acceptors (Lipinski definition) is 5. The van der Waals surface area contributed by atoms with Crippen molar-refractivity contribution < 1.29 is 29.6 Å². The number of hydrogen-bond donors (Lipinski definition) is 3. The summed E-state index contributed by atoms with van der Waals surface area (Å²) < 4.78 is 6.82. The molecule has 1 aliphatic heterocycles. The van der Waals surface area contributed by atoms with Crippen LogP contribution in [0.1, 0.15) is 69.4 Å². The van der Waals surface area contributed by atoms with Gasteiger partial charge in [-0.05, 0) is 63.5 Å². The second-order valence-electron chi connectivity index (χ2n) is 10.8. The average Bonchev–Trinajstić information content (AvgIpc) is 3.64. The van der Waals surface area contributed by atoms with Crippen LogP contribution in [0.5, 0.6) is 11.5 Å². The number of Topliss-reactive ketones (excluding diaryl/α,β-unsaturated/α-hetero) is 1. The Balaban J connectivity index is 1.67. The Morgan fingerprint density at radius 1 is 1.13 bits per heavy atom. The molecule has 1 aromatic rings. The molecule has 0 amide bonds. The van der Waals surface area contributed by atoms with Crippen molar-refractivity contribution in [2.45, 2.75) is 82.3 Å². The van der Waals surface area contributed by atoms with Crippen molar-refractivity contribution in [1.82, 2.24) is 0 Å². The zero-order valence-electron chi connectivity index (χ0n) is 18.8. The maximum absolute atomic E-state index is 12.9. The SMILES string of the molecule is Cc1ccc(O)c(O)c1C12CC[N+](O)(CC3CC3)C(C)C1(OCC1CC1)CCC(=O)C2. The highest BCUT2D eigenvalue weighted by atomic mass is 16.6. The number of carbonyl (C=O) groups is 1. The largest absolute Gasteiger partial charge is 0.504 e. The van der Waals surface area contributed by atoms with Gasteiger partial charge >= 0.3 is 0 Å². The van der Waals surface area contributed by atoms with Crippen LogP contribution in [0.15, 0.2) is 12.1 Å². The fourth-order valence-electron chi connectivity index (χ4n) is 6.60. The Hall–Kier alpha value is -1.63. The zero-order valence-corrected chi connectivity index (χ0v) is 18.8. The van der Waals surface area contributed by atoms with Gasteiger partial charge in [0, 0.05) is 36.2 Å². The molecule has 4 unspecified atom stereocenters. The second kappa shape index (κ2) is 7.19. The van der Waals surface area contributed by atoms with Gasteiger partial charge in [0.25, 0.3) is 0 Å². The number of aromatic hydroxyl groups is 2. The summed E-state index contributed by atoms with van der Waals surface area (Å²) in [6, 6.07) is 3.09. The third-order valence-corrected chi connectivity index (χ3v) is 8.79. The summed E-state index contributed by atoms with van der Waals surface area (Å²) in [5, 5.41) is 33.2. The van der Waals surface area contributed by atoms with Crippen LogP contribution < -0.4 is 0 Å². The van der Waals surface area contributed by atoms with Crippen LogP contribution in [0.3, 0.4) is 0 Å². The van der Waals surface area contributed by atoms with E-state index in [1.165, 1.54) is 18.9 Å². The molecule has 1 saturated heterocycles. The number of piperidine rings is 1. The Morgan fingerprint density at radius 3 is 2.52 bits per heavy atom. The molecule has 170 valence electrons. The monoisotopic (exact) mass is 430 g/mol. The number of nitrogens with zero attached hydrogens (tertiary/aromatic N) is 1. The fourth-order valence-corrected chi connectivity index (χ4v) is 6.60. The van der Waals surface area contributed by atoms with Crippen molar-refractivity contribution >= 4 is 5.78 Å². The van der Waals surface area contributed by atoms with Crippen LogP contribution in [0.4, 0.5) is 0 Å². The number of phenols is 2. The summed E-state index contributed by atoms with van der Waals surface area (Å²) in [6.07, 6.45) is 6.46. The van der Waals surface area contributed by atoms with Crippen LogP contribution in [0.2, 0.25) is 0 Å². The number of hydroxylamine groups is 3. The zero-order chi connectivity index (χ0) is 22.0. The average molecular weight is 431 g/mol. The minimum absolute atomic E-state index is 0.0239. The normalized spacial score (nSPS) is 38.2. The van der Waals surface area contributed by atoms with E-state index < -0.39 is 11.0 Å². The van der Waals surface area contributed by atoms with Gasteiger partial charge in [-0.25, -0.2) is 5.21 Å². The van der Waals surface area contributed by atoms with E-state index in [2.05, 4.69) is 6.92 Å². The molecular formula is C25H36NO5+. The van der Waals surface area contributed by atoms with E-state index in [4.69, 9.17) is 4.74 Å². The summed E-state index contributed by atoms with van der Waals surface area (Å²) in [7, 11) is 0. The molecule has 0 aromatic heterocycles. The quantitative estimate of drug-likeness (QED) is 0.470. The van der Waals surface area contributed by atoms with Gasteiger partial charge in [-0.2, -0.15) is 4.65 Å². The number of phenolic OH excluding ortho intramolecular Hbond substituents is 2. The number of ketones is 1. The van der Waals surface area contributed by atoms with E-state index in [9.17, 15) is 20.2 Å². The van der Waals surface area contributed by atoms with Gasteiger partial charge in [0.05, 0.1) is 6.61 Å². The van der Waals surface area contributed by atoms with Gasteiger partial charge in [0.1, 0.15) is 30.5 Å². The van der Waals surface area contributed by atoms with Crippen LogP contribution in [-0.2, 0) is 14.9 Å². The Bertz CT molecular complexity index is 894. The minimum atomic E-state index is -0.762. The number of ether oxygens (including phenoxy) is 1. The van der Waals surface area contributed by atoms with Gasteiger partial charge in [0.15, 0.2) is 11.5 Å². The molecule has 0 radical (unpaired) electrons.